The fraction of sp³-hybridized carbons (Fsp3) is 0.263. The molecule has 2 aromatic carbocycles. The van der Waals surface area contributed by atoms with Crippen LogP contribution in [0.4, 0.5) is 0 Å². The SMILES string of the molecule is COc1ccccc1CCNC(=O)CCc1ccc(C#N)cc1. The molecule has 23 heavy (non-hydrogen) atoms. The molecule has 0 aliphatic rings. The van der Waals surface area contributed by atoms with Crippen LogP contribution in [0, 0.1) is 11.3 Å². The number of para-hydroxylation sites is 1. The molecule has 0 heterocycles. The summed E-state index contributed by atoms with van der Waals surface area (Å²) in [5.74, 6) is 0.878. The molecule has 1 amide bonds. The topological polar surface area (TPSA) is 62.1 Å². The van der Waals surface area contributed by atoms with Crippen LogP contribution in [0.15, 0.2) is 48.5 Å². The van der Waals surface area contributed by atoms with E-state index in [0.717, 1.165) is 23.3 Å². The van der Waals surface area contributed by atoms with E-state index in [-0.39, 0.29) is 5.91 Å². The number of hydrogen-bond donors (Lipinski definition) is 1. The lowest BCUT2D eigenvalue weighted by Crippen LogP contribution is -2.26. The number of hydrogen-bond acceptors (Lipinski definition) is 3. The predicted octanol–water partition coefficient (Wildman–Crippen LogP) is 2.86. The molecule has 1 N–H and O–H groups in total. The molecule has 0 saturated carbocycles. The molecule has 0 radical (unpaired) electrons. The Morgan fingerprint density at radius 1 is 1.13 bits per heavy atom. The molecular formula is C19H20N2O2. The van der Waals surface area contributed by atoms with Crippen molar-refractivity contribution in [2.75, 3.05) is 13.7 Å². The Morgan fingerprint density at radius 2 is 1.87 bits per heavy atom. The van der Waals surface area contributed by atoms with Crippen molar-refractivity contribution < 1.29 is 9.53 Å². The Labute approximate surface area is 136 Å². The highest BCUT2D eigenvalue weighted by atomic mass is 16.5. The first-order valence-electron chi connectivity index (χ1n) is 7.60. The number of carbonyl (C=O) groups is 1. The Kier molecular flexibility index (Phi) is 6.19. The van der Waals surface area contributed by atoms with Gasteiger partial charge in [-0.25, -0.2) is 0 Å². The molecule has 0 spiro atoms. The molecule has 0 aromatic heterocycles. The number of ether oxygens (including phenoxy) is 1. The van der Waals surface area contributed by atoms with Crippen molar-refractivity contribution in [3.8, 4) is 11.8 Å². The van der Waals surface area contributed by atoms with E-state index >= 15 is 0 Å². The molecule has 2 aromatic rings. The third-order valence-electron chi connectivity index (χ3n) is 3.63. The van der Waals surface area contributed by atoms with E-state index in [9.17, 15) is 4.79 Å². The fourth-order valence-corrected chi connectivity index (χ4v) is 2.34. The molecular weight excluding hydrogens is 288 g/mol. The second-order valence-corrected chi connectivity index (χ2v) is 5.22. The van der Waals surface area contributed by atoms with Gasteiger partial charge in [-0.3, -0.25) is 4.79 Å². The van der Waals surface area contributed by atoms with Gasteiger partial charge in [-0.1, -0.05) is 30.3 Å². The minimum atomic E-state index is 0.0317. The molecule has 4 nitrogen and oxygen atoms in total. The highest BCUT2D eigenvalue weighted by molar-refractivity contribution is 5.76. The number of methoxy groups -OCH3 is 1. The first-order valence-corrected chi connectivity index (χ1v) is 7.60. The number of amides is 1. The standard InChI is InChI=1S/C19H20N2O2/c1-23-18-5-3-2-4-17(18)12-13-21-19(22)11-10-15-6-8-16(14-20)9-7-15/h2-9H,10-13H2,1H3,(H,21,22). The maximum Gasteiger partial charge on any atom is 0.220 e. The lowest BCUT2D eigenvalue weighted by Gasteiger charge is -2.09. The Morgan fingerprint density at radius 3 is 2.57 bits per heavy atom. The van der Waals surface area contributed by atoms with Crippen molar-refractivity contribution in [3.05, 3.63) is 65.2 Å². The van der Waals surface area contributed by atoms with Crippen LogP contribution < -0.4 is 10.1 Å². The van der Waals surface area contributed by atoms with E-state index in [1.807, 2.05) is 36.4 Å². The van der Waals surface area contributed by atoms with Crippen LogP contribution in [0.25, 0.3) is 0 Å². The lowest BCUT2D eigenvalue weighted by molar-refractivity contribution is -0.121. The third-order valence-corrected chi connectivity index (χ3v) is 3.63. The maximum atomic E-state index is 11.9. The van der Waals surface area contributed by atoms with Gasteiger partial charge in [-0.15, -0.1) is 0 Å². The van der Waals surface area contributed by atoms with Crippen molar-refractivity contribution in [1.29, 1.82) is 5.26 Å². The van der Waals surface area contributed by atoms with Crippen LogP contribution in [0.1, 0.15) is 23.1 Å². The molecule has 4 heteroatoms. The summed E-state index contributed by atoms with van der Waals surface area (Å²) in [6.07, 6.45) is 1.86. The molecule has 0 bridgehead atoms. The summed E-state index contributed by atoms with van der Waals surface area (Å²) in [6, 6.07) is 17.2. The molecule has 0 aliphatic carbocycles. The predicted molar refractivity (Wildman–Crippen MR) is 89.2 cm³/mol. The zero-order chi connectivity index (χ0) is 16.5. The summed E-state index contributed by atoms with van der Waals surface area (Å²) < 4.78 is 5.29. The molecule has 0 aliphatic heterocycles. The van der Waals surface area contributed by atoms with E-state index in [0.29, 0.717) is 24.9 Å². The molecule has 118 valence electrons. The highest BCUT2D eigenvalue weighted by Gasteiger charge is 2.04. The van der Waals surface area contributed by atoms with Crippen LogP contribution in [-0.2, 0) is 17.6 Å². The van der Waals surface area contributed by atoms with E-state index in [1.165, 1.54) is 0 Å². The Bertz CT molecular complexity index is 687. The van der Waals surface area contributed by atoms with Gasteiger partial charge in [-0.2, -0.15) is 5.26 Å². The summed E-state index contributed by atoms with van der Waals surface area (Å²) in [4.78, 5) is 11.9. The number of aryl methyl sites for hydroxylation is 1. The lowest BCUT2D eigenvalue weighted by atomic mass is 10.1. The Balaban J connectivity index is 1.73. The maximum absolute atomic E-state index is 11.9. The second kappa shape index (κ2) is 8.60. The first-order chi connectivity index (χ1) is 11.2. The van der Waals surface area contributed by atoms with Crippen molar-refractivity contribution in [1.82, 2.24) is 5.32 Å². The number of rotatable bonds is 7. The van der Waals surface area contributed by atoms with Gasteiger partial charge in [0.25, 0.3) is 0 Å². The third kappa shape index (κ3) is 5.15. The van der Waals surface area contributed by atoms with Crippen molar-refractivity contribution in [2.24, 2.45) is 0 Å². The van der Waals surface area contributed by atoms with Crippen molar-refractivity contribution >= 4 is 5.91 Å². The average molecular weight is 308 g/mol. The summed E-state index contributed by atoms with van der Waals surface area (Å²) in [5, 5.41) is 11.7. The van der Waals surface area contributed by atoms with Crippen LogP contribution >= 0.6 is 0 Å². The summed E-state index contributed by atoms with van der Waals surface area (Å²) in [5.41, 5.74) is 2.78. The quantitative estimate of drug-likeness (QED) is 0.855. The van der Waals surface area contributed by atoms with Crippen LogP contribution in [-0.4, -0.2) is 19.6 Å². The number of benzene rings is 2. The van der Waals surface area contributed by atoms with Gasteiger partial charge in [-0.05, 0) is 42.2 Å². The highest BCUT2D eigenvalue weighted by Crippen LogP contribution is 2.17. The summed E-state index contributed by atoms with van der Waals surface area (Å²) in [6.45, 7) is 0.590. The van der Waals surface area contributed by atoms with E-state index < -0.39 is 0 Å². The fourth-order valence-electron chi connectivity index (χ4n) is 2.34. The zero-order valence-electron chi connectivity index (χ0n) is 13.2. The Hall–Kier alpha value is -2.80. The molecule has 0 atom stereocenters. The minimum absolute atomic E-state index is 0.0317. The van der Waals surface area contributed by atoms with E-state index in [2.05, 4.69) is 11.4 Å². The van der Waals surface area contributed by atoms with Gasteiger partial charge in [0.05, 0.1) is 18.7 Å². The van der Waals surface area contributed by atoms with Crippen LogP contribution in [0.3, 0.4) is 0 Å². The van der Waals surface area contributed by atoms with Gasteiger partial charge >= 0.3 is 0 Å². The molecule has 0 fully saturated rings. The van der Waals surface area contributed by atoms with Gasteiger partial charge in [0, 0.05) is 13.0 Å². The number of nitrogens with one attached hydrogen (secondary N) is 1. The minimum Gasteiger partial charge on any atom is -0.496 e. The number of nitrogens with zero attached hydrogens (tertiary/aromatic N) is 1. The van der Waals surface area contributed by atoms with Gasteiger partial charge in [0.15, 0.2) is 0 Å². The molecule has 0 saturated heterocycles. The number of nitriles is 1. The van der Waals surface area contributed by atoms with Crippen LogP contribution in [0.2, 0.25) is 0 Å². The van der Waals surface area contributed by atoms with E-state index in [1.54, 1.807) is 19.2 Å². The smallest absolute Gasteiger partial charge is 0.220 e. The summed E-state index contributed by atoms with van der Waals surface area (Å²) >= 11 is 0. The second-order valence-electron chi connectivity index (χ2n) is 5.22. The largest absolute Gasteiger partial charge is 0.496 e. The molecule has 2 rings (SSSR count). The summed E-state index contributed by atoms with van der Waals surface area (Å²) in [7, 11) is 1.65. The normalized spacial score (nSPS) is 9.91. The average Bonchev–Trinajstić information content (AvgIpc) is 2.61. The van der Waals surface area contributed by atoms with Crippen LogP contribution in [0.5, 0.6) is 5.75 Å². The van der Waals surface area contributed by atoms with E-state index in [4.69, 9.17) is 10.00 Å². The number of carbonyl (C=O) groups excluding carboxylic acids is 1. The van der Waals surface area contributed by atoms with Gasteiger partial charge in [0.2, 0.25) is 5.91 Å². The van der Waals surface area contributed by atoms with Gasteiger partial charge < -0.3 is 10.1 Å². The van der Waals surface area contributed by atoms with Crippen molar-refractivity contribution in [2.45, 2.75) is 19.3 Å². The monoisotopic (exact) mass is 308 g/mol. The zero-order valence-corrected chi connectivity index (χ0v) is 13.2. The first kappa shape index (κ1) is 16.6. The van der Waals surface area contributed by atoms with Crippen molar-refractivity contribution in [3.63, 3.8) is 0 Å². The molecule has 0 unspecified atom stereocenters. The van der Waals surface area contributed by atoms with Gasteiger partial charge in [0.1, 0.15) is 5.75 Å².